The molecular weight excluding hydrogens is 476 g/mol. The van der Waals surface area contributed by atoms with Gasteiger partial charge in [-0.05, 0) is 45.3 Å². The van der Waals surface area contributed by atoms with Crippen molar-refractivity contribution in [2.24, 2.45) is 0 Å². The number of carboxylic acids is 1. The highest BCUT2D eigenvalue weighted by molar-refractivity contribution is 6.98. The lowest BCUT2D eigenvalue weighted by atomic mass is 9.86. The zero-order valence-corrected chi connectivity index (χ0v) is 21.2. The number of hydrogen-bond donors (Lipinski definition) is 1. The van der Waals surface area contributed by atoms with Crippen LogP contribution >= 0.6 is 0 Å². The molecule has 1 aliphatic heterocycles. The minimum absolute atomic E-state index is 0.0325. The molecule has 2 aromatic rings. The SMILES string of the molecule is CN(C)c1ccc2c(c1)[Si](C)(C)C1=CC(=[N+](C)C)C=CC1=C2c1c(F)c(F)c(F)c(F)c1C(=O)O. The Bertz CT molecular complexity index is 1430. The first kappa shape index (κ1) is 24.7. The van der Waals surface area contributed by atoms with Crippen molar-refractivity contribution in [1.82, 2.24) is 0 Å². The van der Waals surface area contributed by atoms with Crippen LogP contribution in [-0.2, 0) is 0 Å². The first-order valence-electron chi connectivity index (χ1n) is 10.9. The van der Waals surface area contributed by atoms with Gasteiger partial charge in [-0.15, -0.1) is 0 Å². The van der Waals surface area contributed by atoms with Crippen LogP contribution in [-0.4, -0.2) is 57.6 Å². The molecule has 9 heteroatoms. The third-order valence-corrected chi connectivity index (χ3v) is 10.2. The fourth-order valence-corrected chi connectivity index (χ4v) is 7.79. The Morgan fingerprint density at radius 3 is 2.17 bits per heavy atom. The largest absolute Gasteiger partial charge is 0.478 e. The van der Waals surface area contributed by atoms with E-state index in [2.05, 4.69) is 13.1 Å². The van der Waals surface area contributed by atoms with Gasteiger partial charge < -0.3 is 10.0 Å². The van der Waals surface area contributed by atoms with Crippen molar-refractivity contribution in [3.8, 4) is 0 Å². The van der Waals surface area contributed by atoms with Crippen molar-refractivity contribution in [2.45, 2.75) is 13.1 Å². The molecule has 2 aliphatic rings. The average Bonchev–Trinajstić information content (AvgIpc) is 2.80. The number of rotatable bonds is 3. The molecule has 0 bridgehead atoms. The van der Waals surface area contributed by atoms with Gasteiger partial charge in [0.25, 0.3) is 0 Å². The van der Waals surface area contributed by atoms with Crippen molar-refractivity contribution >= 4 is 36.2 Å². The third-order valence-electron chi connectivity index (χ3n) is 6.66. The van der Waals surface area contributed by atoms with Crippen LogP contribution < -0.4 is 10.1 Å². The highest BCUT2D eigenvalue weighted by Crippen LogP contribution is 2.44. The molecule has 0 spiro atoms. The number of fused-ring (bicyclic) bond motifs is 2. The van der Waals surface area contributed by atoms with Crippen molar-refractivity contribution in [2.75, 3.05) is 33.1 Å². The minimum atomic E-state index is -2.47. The lowest BCUT2D eigenvalue weighted by Crippen LogP contribution is -2.50. The number of allylic oxidation sites excluding steroid dienone is 5. The maximum absolute atomic E-state index is 15.4. The number of aromatic carboxylic acids is 1. The molecule has 0 atom stereocenters. The van der Waals surface area contributed by atoms with E-state index in [1.807, 2.05) is 49.8 Å². The fourth-order valence-electron chi connectivity index (χ4n) is 4.72. The van der Waals surface area contributed by atoms with E-state index < -0.39 is 48.4 Å². The minimum Gasteiger partial charge on any atom is -0.478 e. The molecule has 0 saturated carbocycles. The smallest absolute Gasteiger partial charge is 0.339 e. The predicted molar refractivity (Wildman–Crippen MR) is 131 cm³/mol. The molecule has 1 heterocycles. The summed E-state index contributed by atoms with van der Waals surface area (Å²) in [4.78, 5) is 13.9. The predicted octanol–water partition coefficient (Wildman–Crippen LogP) is 4.49. The molecule has 0 aromatic heterocycles. The molecule has 182 valence electrons. The topological polar surface area (TPSA) is 43.5 Å². The van der Waals surface area contributed by atoms with Crippen LogP contribution in [0.1, 0.15) is 21.5 Å². The van der Waals surface area contributed by atoms with Gasteiger partial charge in [-0.25, -0.2) is 26.9 Å². The Balaban J connectivity index is 2.24. The van der Waals surface area contributed by atoms with Gasteiger partial charge in [-0.2, -0.15) is 0 Å². The lowest BCUT2D eigenvalue weighted by Gasteiger charge is -2.38. The molecule has 35 heavy (non-hydrogen) atoms. The van der Waals surface area contributed by atoms with E-state index in [9.17, 15) is 23.1 Å². The van der Waals surface area contributed by atoms with E-state index >= 15 is 4.39 Å². The zero-order valence-electron chi connectivity index (χ0n) is 20.2. The van der Waals surface area contributed by atoms with Gasteiger partial charge in [0.1, 0.15) is 27.7 Å². The zero-order chi connectivity index (χ0) is 26.0. The normalized spacial score (nSPS) is 16.1. The van der Waals surface area contributed by atoms with E-state index in [4.69, 9.17) is 0 Å². The van der Waals surface area contributed by atoms with Crippen LogP contribution in [0.2, 0.25) is 13.1 Å². The van der Waals surface area contributed by atoms with Crippen LogP contribution in [0.15, 0.2) is 47.2 Å². The van der Waals surface area contributed by atoms with Gasteiger partial charge in [0.15, 0.2) is 29.0 Å². The summed E-state index contributed by atoms with van der Waals surface area (Å²) in [5, 5.41) is 11.4. The van der Waals surface area contributed by atoms with E-state index in [1.54, 1.807) is 24.3 Å². The van der Waals surface area contributed by atoms with Gasteiger partial charge in [0.05, 0.1) is 0 Å². The standard InChI is InChI=1S/C26H24F4N2O2Si/c1-31(2)13-7-9-15-17(11-13)35(5,6)18-12-14(32(3)4)8-10-16(18)19(15)20-21(26(33)34)23(28)25(30)24(29)22(20)27/h7-12H,1-6H3/p+1. The van der Waals surface area contributed by atoms with Crippen LogP contribution in [0, 0.1) is 23.3 Å². The quantitative estimate of drug-likeness (QED) is 0.222. The third kappa shape index (κ3) is 3.65. The van der Waals surface area contributed by atoms with Crippen LogP contribution in [0.4, 0.5) is 23.2 Å². The Hall–Kier alpha value is -3.46. The molecular formula is C26H25F4N2O2Si+. The van der Waals surface area contributed by atoms with E-state index in [-0.39, 0.29) is 5.57 Å². The Morgan fingerprint density at radius 2 is 1.60 bits per heavy atom. The second kappa shape index (κ2) is 8.33. The molecule has 1 aliphatic carbocycles. The van der Waals surface area contributed by atoms with Gasteiger partial charge in [0.2, 0.25) is 0 Å². The lowest BCUT2D eigenvalue weighted by molar-refractivity contribution is -0.462. The molecule has 1 N–H and O–H groups in total. The second-order valence-electron chi connectivity index (χ2n) is 9.56. The number of anilines is 1. The summed E-state index contributed by atoms with van der Waals surface area (Å²) in [6.45, 7) is 4.22. The number of nitrogens with zero attached hydrogens (tertiary/aromatic N) is 2. The Kier molecular flexibility index (Phi) is 5.87. The van der Waals surface area contributed by atoms with Gasteiger partial charge >= 0.3 is 5.97 Å². The maximum atomic E-state index is 15.4. The summed E-state index contributed by atoms with van der Waals surface area (Å²) in [5.41, 5.74) is 0.690. The van der Waals surface area contributed by atoms with E-state index in [1.165, 1.54) is 0 Å². The molecule has 0 unspecified atom stereocenters. The molecule has 0 amide bonds. The van der Waals surface area contributed by atoms with Crippen LogP contribution in [0.3, 0.4) is 0 Å². The van der Waals surface area contributed by atoms with E-state index in [0.29, 0.717) is 11.1 Å². The number of benzene rings is 2. The fraction of sp³-hybridized carbons (Fsp3) is 0.231. The van der Waals surface area contributed by atoms with Crippen molar-refractivity contribution in [3.05, 3.63) is 87.2 Å². The van der Waals surface area contributed by atoms with Gasteiger partial charge in [0, 0.05) is 37.5 Å². The molecule has 0 fully saturated rings. The first-order chi connectivity index (χ1) is 16.3. The summed E-state index contributed by atoms with van der Waals surface area (Å²) < 4.78 is 60.6. The van der Waals surface area contributed by atoms with Gasteiger partial charge in [-0.3, -0.25) is 0 Å². The summed E-state index contributed by atoms with van der Waals surface area (Å²) in [6, 6.07) is 5.43. The average molecular weight is 502 g/mol. The molecule has 4 nitrogen and oxygen atoms in total. The Labute approximate surface area is 201 Å². The first-order valence-corrected chi connectivity index (χ1v) is 13.9. The van der Waals surface area contributed by atoms with Crippen molar-refractivity contribution in [1.29, 1.82) is 0 Å². The summed E-state index contributed by atoms with van der Waals surface area (Å²) in [5.74, 6) is -9.75. The summed E-state index contributed by atoms with van der Waals surface area (Å²) >= 11 is 0. The monoisotopic (exact) mass is 501 g/mol. The number of carboxylic acid groups (broad SMARTS) is 1. The maximum Gasteiger partial charge on any atom is 0.339 e. The van der Waals surface area contributed by atoms with E-state index in [0.717, 1.165) is 21.8 Å². The van der Waals surface area contributed by atoms with Crippen LogP contribution in [0.5, 0.6) is 0 Å². The van der Waals surface area contributed by atoms with Crippen LogP contribution in [0.25, 0.3) is 5.57 Å². The number of halogens is 4. The molecule has 0 radical (unpaired) electrons. The highest BCUT2D eigenvalue weighted by atomic mass is 28.3. The molecule has 0 saturated heterocycles. The highest BCUT2D eigenvalue weighted by Gasteiger charge is 2.43. The van der Waals surface area contributed by atoms with Gasteiger partial charge in [-0.1, -0.05) is 19.2 Å². The molecule has 4 rings (SSSR count). The second-order valence-corrected chi connectivity index (χ2v) is 13.9. The number of carbonyl (C=O) groups is 1. The van der Waals surface area contributed by atoms with Crippen molar-refractivity contribution < 1.29 is 32.0 Å². The Morgan fingerprint density at radius 1 is 0.971 bits per heavy atom. The molecule has 2 aromatic carbocycles. The number of hydrogen-bond acceptors (Lipinski definition) is 2. The summed E-state index contributed by atoms with van der Waals surface area (Å²) in [6.07, 6.45) is 5.43. The summed E-state index contributed by atoms with van der Waals surface area (Å²) in [7, 11) is 5.01. The van der Waals surface area contributed by atoms with Crippen molar-refractivity contribution in [3.63, 3.8) is 0 Å².